The lowest BCUT2D eigenvalue weighted by molar-refractivity contribution is -0.153. The molecule has 2 unspecified atom stereocenters. The van der Waals surface area contributed by atoms with Crippen LogP contribution in [-0.2, 0) is 19.1 Å². The van der Waals surface area contributed by atoms with Crippen molar-refractivity contribution in [2.45, 2.75) is 75.8 Å². The van der Waals surface area contributed by atoms with Crippen LogP contribution in [-0.4, -0.2) is 111 Å². The van der Waals surface area contributed by atoms with Crippen molar-refractivity contribution in [3.8, 4) is 0 Å². The van der Waals surface area contributed by atoms with Gasteiger partial charge in [-0.1, -0.05) is 24.4 Å². The molecule has 1 spiro atoms. The number of halogens is 1. The number of allylic oxidation sites excluding steroid dienone is 2. The Morgan fingerprint density at radius 2 is 1.40 bits per heavy atom. The first-order valence-electron chi connectivity index (χ1n) is 17.7. The predicted octanol–water partition coefficient (Wildman–Crippen LogP) is 4.21. The van der Waals surface area contributed by atoms with E-state index in [0.29, 0.717) is 18.8 Å². The molecule has 3 saturated heterocycles. The first-order chi connectivity index (χ1) is 24.1. The zero-order valence-electron chi connectivity index (χ0n) is 29.4. The van der Waals surface area contributed by atoms with Gasteiger partial charge < -0.3 is 35.2 Å². The molecule has 0 saturated carbocycles. The highest BCUT2D eigenvalue weighted by Crippen LogP contribution is 2.50. The van der Waals surface area contributed by atoms with Gasteiger partial charge in [0.25, 0.3) is 17.7 Å². The first-order valence-corrected chi connectivity index (χ1v) is 18.1. The quantitative estimate of drug-likeness (QED) is 0.106. The van der Waals surface area contributed by atoms with Gasteiger partial charge in [0.1, 0.15) is 17.1 Å². The van der Waals surface area contributed by atoms with E-state index in [1.165, 1.54) is 83.9 Å². The summed E-state index contributed by atoms with van der Waals surface area (Å²) in [7, 11) is 2.85. The number of carbonyl (C=O) groups excluding carboxylic acids is 4. The minimum absolute atomic E-state index is 0.00267. The van der Waals surface area contributed by atoms with Gasteiger partial charge in [0, 0.05) is 36.7 Å². The smallest absolute Gasteiger partial charge is 0.261 e. The van der Waals surface area contributed by atoms with Crippen LogP contribution in [0, 0.1) is 0 Å². The summed E-state index contributed by atoms with van der Waals surface area (Å²) in [4.78, 5) is 58.3. The van der Waals surface area contributed by atoms with E-state index in [4.69, 9.17) is 21.1 Å². The molecule has 272 valence electrons. The van der Waals surface area contributed by atoms with Gasteiger partial charge in [-0.15, -0.1) is 0 Å². The van der Waals surface area contributed by atoms with E-state index in [-0.39, 0.29) is 45.8 Å². The molecule has 1 aromatic rings. The second kappa shape index (κ2) is 16.9. The topological polar surface area (TPSA) is 154 Å². The predicted molar refractivity (Wildman–Crippen MR) is 189 cm³/mol. The molecule has 1 aliphatic carbocycles. The van der Waals surface area contributed by atoms with Crippen LogP contribution in [0.5, 0.6) is 0 Å². The molecular formula is C36H50ClN7O6. The fourth-order valence-corrected chi connectivity index (χ4v) is 7.60. The van der Waals surface area contributed by atoms with Gasteiger partial charge in [-0.25, -0.2) is 0 Å². The Bertz CT molecular complexity index is 1470. The molecule has 3 heterocycles. The number of hydrogen-bond acceptors (Lipinski definition) is 10. The molecule has 5 rings (SSSR count). The summed E-state index contributed by atoms with van der Waals surface area (Å²) in [5.41, 5.74) is -2.88. The van der Waals surface area contributed by atoms with Gasteiger partial charge in [-0.3, -0.25) is 19.2 Å². The van der Waals surface area contributed by atoms with E-state index in [2.05, 4.69) is 36.0 Å². The zero-order valence-corrected chi connectivity index (χ0v) is 30.2. The van der Waals surface area contributed by atoms with Gasteiger partial charge in [-0.05, 0) is 103 Å². The lowest BCUT2D eigenvalue weighted by Crippen LogP contribution is -2.84. The molecular weight excluding hydrogens is 662 g/mol. The second-order valence-electron chi connectivity index (χ2n) is 13.5. The highest BCUT2D eigenvalue weighted by molar-refractivity contribution is 6.32. The van der Waals surface area contributed by atoms with E-state index < -0.39 is 22.8 Å². The van der Waals surface area contributed by atoms with Crippen LogP contribution in [0.3, 0.4) is 0 Å². The van der Waals surface area contributed by atoms with Crippen molar-refractivity contribution in [3.05, 3.63) is 52.0 Å². The minimum atomic E-state index is -2.01. The fourth-order valence-electron chi connectivity index (χ4n) is 7.36. The number of ketones is 1. The number of benzene rings is 1. The average Bonchev–Trinajstić information content (AvgIpc) is 3.12. The van der Waals surface area contributed by atoms with Crippen LogP contribution in [0.4, 0.5) is 5.69 Å². The number of piperidine rings is 2. The van der Waals surface area contributed by atoms with E-state index >= 15 is 0 Å². The molecule has 3 N–H and O–H groups in total. The molecule has 3 fully saturated rings. The Balaban J connectivity index is 1.37. The summed E-state index contributed by atoms with van der Waals surface area (Å²) in [6.07, 6.45) is 10.4. The van der Waals surface area contributed by atoms with Gasteiger partial charge >= 0.3 is 0 Å². The van der Waals surface area contributed by atoms with E-state index in [0.717, 1.165) is 52.1 Å². The average molecular weight is 712 g/mol. The summed E-state index contributed by atoms with van der Waals surface area (Å²) < 4.78 is 11.0. The molecule has 50 heavy (non-hydrogen) atoms. The maximum absolute atomic E-state index is 13.4. The number of nitrogens with zero attached hydrogens (tertiary/aromatic N) is 4. The number of rotatable bonds is 15. The molecule has 14 heteroatoms. The lowest BCUT2D eigenvalue weighted by Gasteiger charge is -2.54. The SMILES string of the molecule is COC1=CC(Cl)=C(OC)CC12NC(=O)C2(N=Nc1cc(C(=O)NCCCN2CCCCC2)cc(C(=O)NCCCN2CCCCC2)c1)C(C)=O. The Morgan fingerprint density at radius 3 is 1.86 bits per heavy atom. The Kier molecular flexibility index (Phi) is 12.7. The number of likely N-dealkylation sites (tertiary alicyclic amines) is 2. The van der Waals surface area contributed by atoms with Crippen LogP contribution in [0.2, 0.25) is 0 Å². The molecule has 3 amide bonds. The monoisotopic (exact) mass is 711 g/mol. The van der Waals surface area contributed by atoms with Crippen molar-refractivity contribution in [2.75, 3.05) is 66.6 Å². The molecule has 3 aliphatic heterocycles. The number of methoxy groups -OCH3 is 2. The molecule has 4 aliphatic rings. The van der Waals surface area contributed by atoms with Crippen LogP contribution in [0.15, 0.2) is 51.1 Å². The van der Waals surface area contributed by atoms with Crippen LogP contribution < -0.4 is 16.0 Å². The fraction of sp³-hybridized carbons (Fsp3) is 0.611. The van der Waals surface area contributed by atoms with Crippen molar-refractivity contribution in [2.24, 2.45) is 10.2 Å². The Hall–Kier alpha value is -3.81. The molecule has 0 bridgehead atoms. The Labute approximate surface area is 299 Å². The highest BCUT2D eigenvalue weighted by Gasteiger charge is 2.74. The standard InChI is InChI=1S/C36H50ClN7O6/c1-25(45)36(34(48)40-35(36)24-30(49-2)29(37)23-31(35)50-3)42-41-28-21-26(32(46)38-12-10-18-43-14-6-4-7-15-43)20-27(22-28)33(47)39-13-11-19-44-16-8-5-9-17-44/h20-23H,4-19,24H2,1-3H3,(H,38,46)(H,39,47)(H,40,48). The maximum atomic E-state index is 13.4. The van der Waals surface area contributed by atoms with Gasteiger partial charge in [0.15, 0.2) is 5.78 Å². The van der Waals surface area contributed by atoms with Gasteiger partial charge in [0.2, 0.25) is 5.54 Å². The van der Waals surface area contributed by atoms with Crippen molar-refractivity contribution in [1.82, 2.24) is 25.8 Å². The van der Waals surface area contributed by atoms with Crippen molar-refractivity contribution >= 4 is 40.8 Å². The van der Waals surface area contributed by atoms with Crippen molar-refractivity contribution in [1.29, 1.82) is 0 Å². The van der Waals surface area contributed by atoms with E-state index in [1.54, 1.807) is 0 Å². The number of ether oxygens (including phenoxy) is 2. The van der Waals surface area contributed by atoms with Crippen LogP contribution in [0.25, 0.3) is 0 Å². The molecule has 2 atom stereocenters. The number of carbonyl (C=O) groups is 4. The third kappa shape index (κ3) is 8.05. The Morgan fingerprint density at radius 1 is 0.860 bits per heavy atom. The normalized spacial score (nSPS) is 24.4. The molecule has 0 radical (unpaired) electrons. The van der Waals surface area contributed by atoms with Crippen LogP contribution >= 0.6 is 11.6 Å². The summed E-state index contributed by atoms with van der Waals surface area (Å²) in [6.45, 7) is 8.33. The van der Waals surface area contributed by atoms with E-state index in [1.807, 2.05) is 0 Å². The summed E-state index contributed by atoms with van der Waals surface area (Å²) in [5, 5.41) is 17.7. The summed E-state index contributed by atoms with van der Waals surface area (Å²) >= 11 is 6.38. The number of hydrogen-bond donors (Lipinski definition) is 3. The summed E-state index contributed by atoms with van der Waals surface area (Å²) in [5.74, 6) is -1.40. The number of Topliss-reactive ketones (excluding diaryl/α,β-unsaturated/α-hetero) is 1. The van der Waals surface area contributed by atoms with Crippen molar-refractivity contribution in [3.63, 3.8) is 0 Å². The zero-order chi connectivity index (χ0) is 35.7. The first kappa shape index (κ1) is 37.4. The third-order valence-electron chi connectivity index (χ3n) is 10.1. The second-order valence-corrected chi connectivity index (χ2v) is 13.9. The molecule has 1 aromatic carbocycles. The largest absolute Gasteiger partial charge is 0.499 e. The van der Waals surface area contributed by atoms with Gasteiger partial charge in [-0.2, -0.15) is 10.2 Å². The number of nitrogens with one attached hydrogen (secondary N) is 3. The third-order valence-corrected chi connectivity index (χ3v) is 10.5. The number of azo groups is 1. The molecule has 0 aromatic heterocycles. The number of β-lactam (4-membered cyclic amide) rings is 1. The van der Waals surface area contributed by atoms with Crippen LogP contribution in [0.1, 0.15) is 85.4 Å². The maximum Gasteiger partial charge on any atom is 0.261 e. The van der Waals surface area contributed by atoms with Crippen molar-refractivity contribution < 1.29 is 28.7 Å². The van der Waals surface area contributed by atoms with E-state index in [9.17, 15) is 19.2 Å². The lowest BCUT2D eigenvalue weighted by atomic mass is 9.62. The number of amides is 3. The summed E-state index contributed by atoms with van der Waals surface area (Å²) in [6, 6.07) is 4.53. The minimum Gasteiger partial charge on any atom is -0.499 e. The molecule has 13 nitrogen and oxygen atoms in total. The highest BCUT2D eigenvalue weighted by atomic mass is 35.5. The van der Waals surface area contributed by atoms with Gasteiger partial charge in [0.05, 0.1) is 24.9 Å².